The molecule has 1 amide bonds. The number of aryl methyl sites for hydroxylation is 1. The quantitative estimate of drug-likeness (QED) is 0.768. The van der Waals surface area contributed by atoms with Crippen molar-refractivity contribution in [2.45, 2.75) is 18.4 Å². The summed E-state index contributed by atoms with van der Waals surface area (Å²) in [6.45, 7) is -0.294. The molecule has 0 aliphatic carbocycles. The molecule has 10 heteroatoms. The number of carbonyl (C=O) groups excluding carboxylic acids is 1. The minimum Gasteiger partial charge on any atom is -0.434 e. The van der Waals surface area contributed by atoms with Gasteiger partial charge in [0.05, 0.1) is 23.7 Å². The molecule has 0 spiro atoms. The van der Waals surface area contributed by atoms with E-state index in [4.69, 9.17) is 4.74 Å². The monoisotopic (exact) mass is 426 g/mol. The highest BCUT2D eigenvalue weighted by Crippen LogP contribution is 2.26. The van der Waals surface area contributed by atoms with Crippen LogP contribution < -0.4 is 10.1 Å². The maximum atomic E-state index is 12.9. The second-order valence-electron chi connectivity index (χ2n) is 6.33. The van der Waals surface area contributed by atoms with Crippen molar-refractivity contribution >= 4 is 21.6 Å². The van der Waals surface area contributed by atoms with E-state index in [0.29, 0.717) is 18.8 Å². The molecule has 0 unspecified atom stereocenters. The van der Waals surface area contributed by atoms with Gasteiger partial charge in [0.1, 0.15) is 5.75 Å². The first-order valence-electron chi connectivity index (χ1n) is 8.83. The third-order valence-electron chi connectivity index (χ3n) is 4.38. The number of sulfonamides is 1. The molecule has 0 saturated carbocycles. The number of hydrogen-bond acceptors (Lipinski definition) is 5. The fourth-order valence-electron chi connectivity index (χ4n) is 2.93. The topological polar surface area (TPSA) is 84.9 Å². The molecule has 1 heterocycles. The first kappa shape index (κ1) is 21.2. The van der Waals surface area contributed by atoms with E-state index in [1.807, 2.05) is 0 Å². The lowest BCUT2D eigenvalue weighted by Gasteiger charge is -2.26. The Morgan fingerprint density at radius 1 is 1.17 bits per heavy atom. The van der Waals surface area contributed by atoms with Gasteiger partial charge in [-0.2, -0.15) is 13.1 Å². The number of halogens is 2. The summed E-state index contributed by atoms with van der Waals surface area (Å²) in [7, 11) is -3.76. The second-order valence-corrected chi connectivity index (χ2v) is 8.23. The van der Waals surface area contributed by atoms with Gasteiger partial charge in [-0.15, -0.1) is 0 Å². The summed E-state index contributed by atoms with van der Waals surface area (Å²) < 4.78 is 61.9. The molecule has 1 saturated heterocycles. The Balaban J connectivity index is 1.86. The molecule has 0 aromatic heterocycles. The first-order valence-corrected chi connectivity index (χ1v) is 10.3. The fourth-order valence-corrected chi connectivity index (χ4v) is 4.59. The summed E-state index contributed by atoms with van der Waals surface area (Å²) in [5.41, 5.74) is 0.654. The Morgan fingerprint density at radius 3 is 2.55 bits per heavy atom. The van der Waals surface area contributed by atoms with Gasteiger partial charge < -0.3 is 14.8 Å². The molecule has 0 radical (unpaired) electrons. The highest BCUT2D eigenvalue weighted by atomic mass is 32.2. The number of morpholine rings is 1. The average Bonchev–Trinajstić information content (AvgIpc) is 2.70. The molecule has 0 bridgehead atoms. The van der Waals surface area contributed by atoms with Gasteiger partial charge in [-0.25, -0.2) is 8.42 Å². The third kappa shape index (κ3) is 4.89. The number of para-hydroxylation sites is 1. The average molecular weight is 426 g/mol. The summed E-state index contributed by atoms with van der Waals surface area (Å²) in [5.74, 6) is -0.965. The predicted molar refractivity (Wildman–Crippen MR) is 102 cm³/mol. The van der Waals surface area contributed by atoms with E-state index in [-0.39, 0.29) is 35.0 Å². The molecule has 1 aliphatic heterocycles. The van der Waals surface area contributed by atoms with Crippen molar-refractivity contribution in [2.24, 2.45) is 0 Å². The molecule has 1 fully saturated rings. The van der Waals surface area contributed by atoms with Gasteiger partial charge in [-0.1, -0.05) is 18.2 Å². The molecule has 156 valence electrons. The Bertz CT molecular complexity index is 992. The highest BCUT2D eigenvalue weighted by molar-refractivity contribution is 7.89. The maximum absolute atomic E-state index is 12.9. The van der Waals surface area contributed by atoms with Crippen LogP contribution in [-0.4, -0.2) is 51.5 Å². The molecule has 1 aliphatic rings. The molecule has 0 atom stereocenters. The number of benzene rings is 2. The minimum absolute atomic E-state index is 0.0642. The lowest BCUT2D eigenvalue weighted by molar-refractivity contribution is -0.0501. The molecule has 2 aromatic carbocycles. The maximum Gasteiger partial charge on any atom is 0.387 e. The van der Waals surface area contributed by atoms with Gasteiger partial charge in [0.2, 0.25) is 10.0 Å². The van der Waals surface area contributed by atoms with Crippen molar-refractivity contribution in [1.82, 2.24) is 4.31 Å². The molecule has 2 aromatic rings. The number of nitrogens with zero attached hydrogens (tertiary/aromatic N) is 1. The Labute approximate surface area is 167 Å². The van der Waals surface area contributed by atoms with Crippen LogP contribution in [0.15, 0.2) is 47.4 Å². The van der Waals surface area contributed by atoms with Gasteiger partial charge in [-0.3, -0.25) is 4.79 Å². The van der Waals surface area contributed by atoms with E-state index in [1.165, 1.54) is 34.6 Å². The lowest BCUT2D eigenvalue weighted by atomic mass is 10.1. The highest BCUT2D eigenvalue weighted by Gasteiger charge is 2.28. The van der Waals surface area contributed by atoms with Crippen molar-refractivity contribution in [2.75, 3.05) is 31.6 Å². The van der Waals surface area contributed by atoms with Gasteiger partial charge in [-0.05, 0) is 36.8 Å². The van der Waals surface area contributed by atoms with Crippen LogP contribution in [0, 0.1) is 6.92 Å². The van der Waals surface area contributed by atoms with Crippen LogP contribution in [0.2, 0.25) is 0 Å². The van der Waals surface area contributed by atoms with Crippen molar-refractivity contribution in [3.05, 3.63) is 53.6 Å². The number of ether oxygens (including phenoxy) is 2. The molecule has 1 N–H and O–H groups in total. The van der Waals surface area contributed by atoms with E-state index >= 15 is 0 Å². The van der Waals surface area contributed by atoms with Crippen molar-refractivity contribution in [3.63, 3.8) is 0 Å². The molecule has 7 nitrogen and oxygen atoms in total. The van der Waals surface area contributed by atoms with Crippen molar-refractivity contribution in [3.8, 4) is 5.75 Å². The van der Waals surface area contributed by atoms with Gasteiger partial charge >= 0.3 is 6.61 Å². The van der Waals surface area contributed by atoms with Crippen molar-refractivity contribution in [1.29, 1.82) is 0 Å². The van der Waals surface area contributed by atoms with Crippen LogP contribution in [0.5, 0.6) is 5.75 Å². The summed E-state index contributed by atoms with van der Waals surface area (Å²) in [4.78, 5) is 12.6. The van der Waals surface area contributed by atoms with Crippen LogP contribution in [-0.2, 0) is 14.8 Å². The third-order valence-corrected chi connectivity index (χ3v) is 6.42. The van der Waals surface area contributed by atoms with Crippen LogP contribution in [0.3, 0.4) is 0 Å². The zero-order chi connectivity index (χ0) is 21.0. The summed E-state index contributed by atoms with van der Waals surface area (Å²) in [5, 5.41) is 2.54. The van der Waals surface area contributed by atoms with E-state index < -0.39 is 22.5 Å². The van der Waals surface area contributed by atoms with E-state index in [9.17, 15) is 22.0 Å². The molecule has 29 heavy (non-hydrogen) atoms. The van der Waals surface area contributed by atoms with Gasteiger partial charge in [0.25, 0.3) is 5.91 Å². The zero-order valence-corrected chi connectivity index (χ0v) is 16.4. The number of alkyl halides is 2. The Morgan fingerprint density at radius 2 is 1.86 bits per heavy atom. The van der Waals surface area contributed by atoms with Crippen LogP contribution >= 0.6 is 0 Å². The number of rotatable bonds is 6. The second kappa shape index (κ2) is 8.85. The molecule has 3 rings (SSSR count). The zero-order valence-electron chi connectivity index (χ0n) is 15.6. The van der Waals surface area contributed by atoms with Gasteiger partial charge in [0, 0.05) is 18.8 Å². The SMILES string of the molecule is Cc1ccc(NC(=O)c2ccccc2OC(F)F)cc1S(=O)(=O)N1CCOCC1. The first-order chi connectivity index (χ1) is 13.8. The minimum atomic E-state index is -3.76. The summed E-state index contributed by atoms with van der Waals surface area (Å²) in [6, 6.07) is 10.0. The standard InChI is InChI=1S/C19H20F2N2O5S/c1-13-6-7-14(12-17(13)29(25,26)23-8-10-27-11-9-23)22-18(24)15-4-2-3-5-16(15)28-19(20)21/h2-7,12,19H,8-11H2,1H3,(H,22,24). The van der Waals surface area contributed by atoms with Crippen LogP contribution in [0.4, 0.5) is 14.5 Å². The smallest absolute Gasteiger partial charge is 0.387 e. The number of nitrogens with one attached hydrogen (secondary N) is 1. The Hall–Kier alpha value is -2.56. The largest absolute Gasteiger partial charge is 0.434 e. The fraction of sp³-hybridized carbons (Fsp3) is 0.316. The number of anilines is 1. The van der Waals surface area contributed by atoms with Crippen LogP contribution in [0.25, 0.3) is 0 Å². The molecular weight excluding hydrogens is 406 g/mol. The molecular formula is C19H20F2N2O5S. The normalized spacial score (nSPS) is 15.3. The van der Waals surface area contributed by atoms with E-state index in [2.05, 4.69) is 10.1 Å². The summed E-state index contributed by atoms with van der Waals surface area (Å²) >= 11 is 0. The van der Waals surface area contributed by atoms with E-state index in [0.717, 1.165) is 0 Å². The lowest BCUT2D eigenvalue weighted by Crippen LogP contribution is -2.40. The Kier molecular flexibility index (Phi) is 6.46. The number of amides is 1. The summed E-state index contributed by atoms with van der Waals surface area (Å²) in [6.07, 6.45) is 0. The number of carbonyl (C=O) groups is 1. The van der Waals surface area contributed by atoms with Gasteiger partial charge in [0.15, 0.2) is 0 Å². The predicted octanol–water partition coefficient (Wildman–Crippen LogP) is 2.87. The van der Waals surface area contributed by atoms with Crippen LogP contribution in [0.1, 0.15) is 15.9 Å². The van der Waals surface area contributed by atoms with E-state index in [1.54, 1.807) is 19.1 Å². The van der Waals surface area contributed by atoms with Crippen molar-refractivity contribution < 1.29 is 31.5 Å². The number of hydrogen-bond donors (Lipinski definition) is 1.